The second kappa shape index (κ2) is 26.7. The second-order valence-electron chi connectivity index (χ2n) is 4.89. The Morgan fingerprint density at radius 1 is 0.542 bits per heavy atom. The Morgan fingerprint density at radius 2 is 0.917 bits per heavy atom. The molecule has 0 aliphatic carbocycles. The maximum atomic E-state index is 5.61. The third-order valence-electron chi connectivity index (χ3n) is 3.53. The van der Waals surface area contributed by atoms with Crippen molar-refractivity contribution in [1.82, 2.24) is 14.7 Å². The van der Waals surface area contributed by atoms with Crippen molar-refractivity contribution in [2.45, 2.75) is 0 Å². The van der Waals surface area contributed by atoms with E-state index in [-0.39, 0.29) is 74.4 Å². The van der Waals surface area contributed by atoms with E-state index in [0.29, 0.717) is 13.1 Å². The minimum absolute atomic E-state index is 0. The van der Waals surface area contributed by atoms with Gasteiger partial charge in [0.2, 0.25) is 0 Å². The lowest BCUT2D eigenvalue weighted by atomic mass is 10.3. The average molecular weight is 477 g/mol. The quantitative estimate of drug-likeness (QED) is 0.444. The number of hydrogen-bond acceptors (Lipinski definition) is 6. The van der Waals surface area contributed by atoms with E-state index in [9.17, 15) is 0 Å². The van der Waals surface area contributed by atoms with Gasteiger partial charge in [-0.25, -0.2) is 0 Å². The van der Waals surface area contributed by atoms with Crippen molar-refractivity contribution in [1.29, 1.82) is 0 Å². The first kappa shape index (κ1) is 40.3. The highest BCUT2D eigenvalue weighted by Crippen LogP contribution is 2.01. The largest absolute Gasteiger partial charge is 0.329 e. The van der Waals surface area contributed by atoms with Gasteiger partial charge in [-0.2, -0.15) is 0 Å². The summed E-state index contributed by atoms with van der Waals surface area (Å²) in [6.45, 7) is 11.9. The van der Waals surface area contributed by atoms with Crippen LogP contribution in [0.3, 0.4) is 0 Å². The summed E-state index contributed by atoms with van der Waals surface area (Å²) in [6.07, 6.45) is 0. The number of rotatable bonds is 9. The van der Waals surface area contributed by atoms with Crippen LogP contribution in [0, 0.1) is 0 Å². The zero-order valence-corrected chi connectivity index (χ0v) is 18.9. The van der Waals surface area contributed by atoms with Crippen LogP contribution in [-0.4, -0.2) is 93.2 Å². The van der Waals surface area contributed by atoms with Gasteiger partial charge in [0.1, 0.15) is 0 Å². The summed E-state index contributed by atoms with van der Waals surface area (Å²) in [6, 6.07) is 0. The lowest BCUT2D eigenvalue weighted by molar-refractivity contribution is 0.121. The van der Waals surface area contributed by atoms with E-state index >= 15 is 0 Å². The van der Waals surface area contributed by atoms with Crippen LogP contribution in [0.5, 0.6) is 0 Å². The molecule has 1 fully saturated rings. The van der Waals surface area contributed by atoms with Crippen LogP contribution < -0.4 is 17.2 Å². The first-order valence-electron chi connectivity index (χ1n) is 7.07. The predicted octanol–water partition coefficient (Wildman–Crippen LogP) is 0.313. The molecule has 0 unspecified atom stereocenters. The summed E-state index contributed by atoms with van der Waals surface area (Å²) in [5.41, 5.74) is 16.8. The summed E-state index contributed by atoms with van der Waals surface area (Å²) in [7, 11) is 0. The molecule has 12 heteroatoms. The van der Waals surface area contributed by atoms with E-state index < -0.39 is 0 Å². The molecule has 0 atom stereocenters. The molecular weight excluding hydrogens is 441 g/mol. The molecule has 0 bridgehead atoms. The SMILES string of the molecule is Cl.Cl.Cl.Cl.Cl.Cl.NCCN(CCN)CCN1CCN(CCN)CC1. The number of nitrogens with zero attached hydrogens (tertiary/aromatic N) is 3. The lowest BCUT2D eigenvalue weighted by Gasteiger charge is -2.35. The number of hydrogen-bond donors (Lipinski definition) is 3. The van der Waals surface area contributed by atoms with Gasteiger partial charge in [-0.1, -0.05) is 0 Å². The first-order valence-corrected chi connectivity index (χ1v) is 7.07. The molecule has 0 radical (unpaired) electrons. The predicted molar refractivity (Wildman–Crippen MR) is 120 cm³/mol. The Morgan fingerprint density at radius 3 is 1.25 bits per heavy atom. The Balaban J connectivity index is -0.000000135. The molecule has 1 heterocycles. The van der Waals surface area contributed by atoms with Crippen molar-refractivity contribution in [2.75, 3.05) is 78.5 Å². The minimum Gasteiger partial charge on any atom is -0.329 e. The fraction of sp³-hybridized carbons (Fsp3) is 1.00. The molecule has 0 aromatic carbocycles. The summed E-state index contributed by atoms with van der Waals surface area (Å²) in [5.74, 6) is 0. The zero-order valence-electron chi connectivity index (χ0n) is 14.0. The second-order valence-corrected chi connectivity index (χ2v) is 4.89. The van der Waals surface area contributed by atoms with Crippen molar-refractivity contribution in [2.24, 2.45) is 17.2 Å². The third kappa shape index (κ3) is 18.3. The van der Waals surface area contributed by atoms with Gasteiger partial charge in [0, 0.05) is 78.5 Å². The van der Waals surface area contributed by atoms with E-state index in [4.69, 9.17) is 17.2 Å². The van der Waals surface area contributed by atoms with Gasteiger partial charge in [0.15, 0.2) is 0 Å². The molecule has 24 heavy (non-hydrogen) atoms. The summed E-state index contributed by atoms with van der Waals surface area (Å²) in [4.78, 5) is 7.31. The molecule has 0 saturated carbocycles. The van der Waals surface area contributed by atoms with Crippen LogP contribution in [0.15, 0.2) is 0 Å². The van der Waals surface area contributed by atoms with Crippen LogP contribution >= 0.6 is 74.4 Å². The summed E-state index contributed by atoms with van der Waals surface area (Å²) < 4.78 is 0. The van der Waals surface area contributed by atoms with E-state index in [2.05, 4.69) is 14.7 Å². The topological polar surface area (TPSA) is 87.8 Å². The van der Waals surface area contributed by atoms with Gasteiger partial charge < -0.3 is 17.2 Å². The molecule has 1 aliphatic rings. The molecule has 6 N–H and O–H groups in total. The van der Waals surface area contributed by atoms with Crippen LogP contribution in [0.2, 0.25) is 0 Å². The van der Waals surface area contributed by atoms with E-state index in [1.165, 1.54) is 0 Å². The van der Waals surface area contributed by atoms with Crippen molar-refractivity contribution >= 4 is 74.4 Å². The molecule has 0 amide bonds. The summed E-state index contributed by atoms with van der Waals surface area (Å²) in [5, 5.41) is 0. The molecule has 1 rings (SSSR count). The van der Waals surface area contributed by atoms with Gasteiger partial charge in [-0.15, -0.1) is 74.4 Å². The standard InChI is InChI=1S/C12H30N6.6ClH/c13-1-4-16(5-2-14)7-10-18-11-8-17(6-3-15)9-12-18;;;;;;/h1-15H2;6*1H. The minimum atomic E-state index is 0. The fourth-order valence-corrected chi connectivity index (χ4v) is 2.40. The third-order valence-corrected chi connectivity index (χ3v) is 3.53. The van der Waals surface area contributed by atoms with Crippen molar-refractivity contribution in [3.63, 3.8) is 0 Å². The number of nitrogens with two attached hydrogens (primary N) is 3. The normalized spacial score (nSPS) is 14.0. The molecule has 0 spiro atoms. The monoisotopic (exact) mass is 474 g/mol. The number of piperazine rings is 1. The van der Waals surface area contributed by atoms with E-state index in [1.807, 2.05) is 0 Å². The van der Waals surface area contributed by atoms with Crippen molar-refractivity contribution in [3.8, 4) is 0 Å². The Hall–Kier alpha value is 1.50. The highest BCUT2D eigenvalue weighted by molar-refractivity contribution is 5.86. The Kier molecular flexibility index (Phi) is 44.8. The highest BCUT2D eigenvalue weighted by Gasteiger charge is 2.16. The molecule has 0 aromatic heterocycles. The van der Waals surface area contributed by atoms with Crippen LogP contribution in [0.1, 0.15) is 0 Å². The molecule has 156 valence electrons. The van der Waals surface area contributed by atoms with Gasteiger partial charge >= 0.3 is 0 Å². The van der Waals surface area contributed by atoms with Crippen LogP contribution in [-0.2, 0) is 0 Å². The smallest absolute Gasteiger partial charge is 0.0110 e. The van der Waals surface area contributed by atoms with Gasteiger partial charge in [0.05, 0.1) is 0 Å². The fourth-order valence-electron chi connectivity index (χ4n) is 2.40. The molecule has 1 aliphatic heterocycles. The Labute approximate surface area is 184 Å². The molecule has 0 aromatic rings. The lowest BCUT2D eigenvalue weighted by Crippen LogP contribution is -2.50. The van der Waals surface area contributed by atoms with Gasteiger partial charge in [-0.05, 0) is 0 Å². The highest BCUT2D eigenvalue weighted by atomic mass is 35.5. The molecule has 1 saturated heterocycles. The van der Waals surface area contributed by atoms with Crippen molar-refractivity contribution in [3.05, 3.63) is 0 Å². The molecular formula is C12H36Cl6N6. The first-order chi connectivity index (χ1) is 8.80. The number of halogens is 6. The van der Waals surface area contributed by atoms with Gasteiger partial charge in [-0.3, -0.25) is 14.7 Å². The van der Waals surface area contributed by atoms with Gasteiger partial charge in [0.25, 0.3) is 0 Å². The zero-order chi connectivity index (χ0) is 13.2. The van der Waals surface area contributed by atoms with Crippen LogP contribution in [0.25, 0.3) is 0 Å². The van der Waals surface area contributed by atoms with E-state index in [1.54, 1.807) is 0 Å². The maximum Gasteiger partial charge on any atom is 0.0110 e. The van der Waals surface area contributed by atoms with Crippen molar-refractivity contribution < 1.29 is 0 Å². The average Bonchev–Trinajstić information content (AvgIpc) is 2.38. The summed E-state index contributed by atoms with van der Waals surface area (Å²) >= 11 is 0. The van der Waals surface area contributed by atoms with Crippen LogP contribution in [0.4, 0.5) is 0 Å². The molecule has 6 nitrogen and oxygen atoms in total. The maximum absolute atomic E-state index is 5.61. The van der Waals surface area contributed by atoms with E-state index in [0.717, 1.165) is 65.4 Å². The Bertz CT molecular complexity index is 206.